The lowest BCUT2D eigenvalue weighted by molar-refractivity contribution is 0.621. The van der Waals surface area contributed by atoms with Gasteiger partial charge in [0, 0.05) is 6.20 Å². The Bertz CT molecular complexity index is 725. The standard InChI is InChI=1S/C16H14ClN3/c17-14-7-8-15(19-10-14)16(20-18)13-6-5-11-3-1-2-4-12(11)9-13/h1-10,16,20H,18H2. The number of aromatic nitrogens is 1. The van der Waals surface area contributed by atoms with Crippen LogP contribution in [0.4, 0.5) is 0 Å². The normalized spacial score (nSPS) is 12.5. The van der Waals surface area contributed by atoms with Crippen molar-refractivity contribution in [2.24, 2.45) is 5.84 Å². The molecule has 3 aromatic rings. The molecule has 0 bridgehead atoms. The molecule has 0 aliphatic rings. The largest absolute Gasteiger partial charge is 0.271 e. The van der Waals surface area contributed by atoms with E-state index in [9.17, 15) is 0 Å². The Hall–Kier alpha value is -1.94. The summed E-state index contributed by atoms with van der Waals surface area (Å²) in [5, 5.41) is 3.00. The first-order valence-corrected chi connectivity index (χ1v) is 6.72. The lowest BCUT2D eigenvalue weighted by Gasteiger charge is -2.16. The van der Waals surface area contributed by atoms with Crippen LogP contribution in [0.25, 0.3) is 10.8 Å². The smallest absolute Gasteiger partial charge is 0.0881 e. The van der Waals surface area contributed by atoms with Crippen molar-refractivity contribution < 1.29 is 0 Å². The minimum atomic E-state index is -0.156. The molecule has 1 atom stereocenters. The van der Waals surface area contributed by atoms with E-state index in [4.69, 9.17) is 17.4 Å². The van der Waals surface area contributed by atoms with Crippen LogP contribution in [0.1, 0.15) is 17.3 Å². The Labute approximate surface area is 122 Å². The van der Waals surface area contributed by atoms with Crippen LogP contribution in [0.2, 0.25) is 5.02 Å². The van der Waals surface area contributed by atoms with E-state index in [2.05, 4.69) is 40.7 Å². The molecule has 0 spiro atoms. The fourth-order valence-electron chi connectivity index (χ4n) is 2.30. The van der Waals surface area contributed by atoms with Gasteiger partial charge in [-0.15, -0.1) is 0 Å². The van der Waals surface area contributed by atoms with Gasteiger partial charge in [-0.3, -0.25) is 10.8 Å². The third-order valence-electron chi connectivity index (χ3n) is 3.32. The number of hydrogen-bond acceptors (Lipinski definition) is 3. The van der Waals surface area contributed by atoms with Crippen molar-refractivity contribution in [1.82, 2.24) is 10.4 Å². The predicted octanol–water partition coefficient (Wildman–Crippen LogP) is 3.44. The maximum Gasteiger partial charge on any atom is 0.0881 e. The molecule has 0 saturated heterocycles. The third kappa shape index (κ3) is 2.51. The van der Waals surface area contributed by atoms with Crippen LogP contribution in [0.3, 0.4) is 0 Å². The van der Waals surface area contributed by atoms with E-state index in [0.29, 0.717) is 5.02 Å². The van der Waals surface area contributed by atoms with Crippen LogP contribution in [-0.2, 0) is 0 Å². The highest BCUT2D eigenvalue weighted by Crippen LogP contribution is 2.24. The van der Waals surface area contributed by atoms with Crippen LogP contribution in [0.5, 0.6) is 0 Å². The molecule has 3 nitrogen and oxygen atoms in total. The van der Waals surface area contributed by atoms with E-state index in [1.807, 2.05) is 24.3 Å². The minimum absolute atomic E-state index is 0.156. The second-order valence-corrected chi connectivity index (χ2v) is 5.04. The summed E-state index contributed by atoms with van der Waals surface area (Å²) in [7, 11) is 0. The minimum Gasteiger partial charge on any atom is -0.271 e. The highest BCUT2D eigenvalue weighted by Gasteiger charge is 2.14. The van der Waals surface area contributed by atoms with Crippen LogP contribution in [0, 0.1) is 0 Å². The summed E-state index contributed by atoms with van der Waals surface area (Å²) in [5.41, 5.74) is 4.72. The number of nitrogens with two attached hydrogens (primary N) is 1. The Kier molecular flexibility index (Phi) is 3.65. The van der Waals surface area contributed by atoms with Crippen molar-refractivity contribution >= 4 is 22.4 Å². The van der Waals surface area contributed by atoms with E-state index < -0.39 is 0 Å². The van der Waals surface area contributed by atoms with E-state index in [-0.39, 0.29) is 6.04 Å². The molecular weight excluding hydrogens is 270 g/mol. The van der Waals surface area contributed by atoms with Crippen LogP contribution in [0.15, 0.2) is 60.8 Å². The van der Waals surface area contributed by atoms with Crippen molar-refractivity contribution in [2.75, 3.05) is 0 Å². The molecule has 0 amide bonds. The van der Waals surface area contributed by atoms with Crippen molar-refractivity contribution in [1.29, 1.82) is 0 Å². The molecule has 4 heteroatoms. The Balaban J connectivity index is 2.04. The number of fused-ring (bicyclic) bond motifs is 1. The van der Waals surface area contributed by atoms with E-state index >= 15 is 0 Å². The van der Waals surface area contributed by atoms with Gasteiger partial charge in [0.25, 0.3) is 0 Å². The van der Waals surface area contributed by atoms with Crippen molar-refractivity contribution in [3.8, 4) is 0 Å². The monoisotopic (exact) mass is 283 g/mol. The topological polar surface area (TPSA) is 50.9 Å². The molecule has 100 valence electrons. The summed E-state index contributed by atoms with van der Waals surface area (Å²) in [5.74, 6) is 5.70. The molecule has 0 radical (unpaired) electrons. The molecule has 3 N–H and O–H groups in total. The number of nitrogens with one attached hydrogen (secondary N) is 1. The van der Waals surface area contributed by atoms with E-state index in [1.165, 1.54) is 10.8 Å². The third-order valence-corrected chi connectivity index (χ3v) is 3.54. The second kappa shape index (κ2) is 5.59. The number of hydrazine groups is 1. The molecule has 0 aliphatic carbocycles. The summed E-state index contributed by atoms with van der Waals surface area (Å²) in [6.45, 7) is 0. The molecule has 1 unspecified atom stereocenters. The van der Waals surface area contributed by atoms with Crippen molar-refractivity contribution in [2.45, 2.75) is 6.04 Å². The fraction of sp³-hybridized carbons (Fsp3) is 0.0625. The zero-order chi connectivity index (χ0) is 13.9. The maximum absolute atomic E-state index is 5.87. The zero-order valence-electron chi connectivity index (χ0n) is 10.8. The van der Waals surface area contributed by atoms with Crippen LogP contribution in [-0.4, -0.2) is 4.98 Å². The van der Waals surface area contributed by atoms with Crippen molar-refractivity contribution in [3.05, 3.63) is 77.1 Å². The van der Waals surface area contributed by atoms with Crippen LogP contribution >= 0.6 is 11.6 Å². The first kappa shape index (κ1) is 13.1. The summed E-state index contributed by atoms with van der Waals surface area (Å²) < 4.78 is 0. The fourth-order valence-corrected chi connectivity index (χ4v) is 2.41. The van der Waals surface area contributed by atoms with Gasteiger partial charge in [0.2, 0.25) is 0 Å². The molecule has 0 saturated carbocycles. The van der Waals surface area contributed by atoms with Gasteiger partial charge in [-0.25, -0.2) is 5.43 Å². The number of halogens is 1. The first-order chi connectivity index (χ1) is 9.78. The molecular formula is C16H14ClN3. The molecule has 0 aliphatic heterocycles. The predicted molar refractivity (Wildman–Crippen MR) is 82.4 cm³/mol. The molecule has 1 heterocycles. The molecule has 20 heavy (non-hydrogen) atoms. The van der Waals surface area contributed by atoms with Gasteiger partial charge in [-0.05, 0) is 34.5 Å². The summed E-state index contributed by atoms with van der Waals surface area (Å²) in [6, 6.07) is 18.0. The second-order valence-electron chi connectivity index (χ2n) is 4.61. The summed E-state index contributed by atoms with van der Waals surface area (Å²) >= 11 is 5.87. The van der Waals surface area contributed by atoms with E-state index in [0.717, 1.165) is 11.3 Å². The number of pyridine rings is 1. The Morgan fingerprint density at radius 2 is 1.80 bits per heavy atom. The highest BCUT2D eigenvalue weighted by molar-refractivity contribution is 6.30. The van der Waals surface area contributed by atoms with Crippen molar-refractivity contribution in [3.63, 3.8) is 0 Å². The number of hydrogen-bond donors (Lipinski definition) is 2. The number of nitrogens with zero attached hydrogens (tertiary/aromatic N) is 1. The van der Waals surface area contributed by atoms with Gasteiger partial charge >= 0.3 is 0 Å². The van der Waals surface area contributed by atoms with Gasteiger partial charge < -0.3 is 0 Å². The average Bonchev–Trinajstić information content (AvgIpc) is 2.50. The quantitative estimate of drug-likeness (QED) is 0.572. The Morgan fingerprint density at radius 3 is 2.50 bits per heavy atom. The number of rotatable bonds is 3. The lowest BCUT2D eigenvalue weighted by atomic mass is 10.00. The molecule has 2 aromatic carbocycles. The lowest BCUT2D eigenvalue weighted by Crippen LogP contribution is -2.29. The first-order valence-electron chi connectivity index (χ1n) is 6.34. The van der Waals surface area contributed by atoms with Gasteiger partial charge in [-0.2, -0.15) is 0 Å². The summed E-state index contributed by atoms with van der Waals surface area (Å²) in [4.78, 5) is 4.33. The van der Waals surface area contributed by atoms with Gasteiger partial charge in [0.1, 0.15) is 0 Å². The zero-order valence-corrected chi connectivity index (χ0v) is 11.5. The number of benzene rings is 2. The maximum atomic E-state index is 5.87. The molecule has 1 aromatic heterocycles. The summed E-state index contributed by atoms with van der Waals surface area (Å²) in [6.07, 6.45) is 1.63. The van der Waals surface area contributed by atoms with Gasteiger partial charge in [0.15, 0.2) is 0 Å². The van der Waals surface area contributed by atoms with Crippen LogP contribution < -0.4 is 11.3 Å². The highest BCUT2D eigenvalue weighted by atomic mass is 35.5. The van der Waals surface area contributed by atoms with E-state index in [1.54, 1.807) is 6.20 Å². The average molecular weight is 284 g/mol. The van der Waals surface area contributed by atoms with Gasteiger partial charge in [-0.1, -0.05) is 48.0 Å². The Morgan fingerprint density at radius 1 is 1.00 bits per heavy atom. The van der Waals surface area contributed by atoms with Gasteiger partial charge in [0.05, 0.1) is 16.8 Å². The SMILES string of the molecule is NNC(c1ccc2ccccc2c1)c1ccc(Cl)cn1. The molecule has 0 fully saturated rings. The molecule has 3 rings (SSSR count).